The molecule has 0 N–H and O–H groups in total. The summed E-state index contributed by atoms with van der Waals surface area (Å²) in [5.41, 5.74) is 2.65. The Kier molecular flexibility index (Phi) is 5.48. The fourth-order valence-corrected chi connectivity index (χ4v) is 11.5. The van der Waals surface area contributed by atoms with Crippen molar-refractivity contribution < 1.29 is 5.11 Å². The van der Waals surface area contributed by atoms with Crippen LogP contribution in [-0.4, -0.2) is 11.8 Å². The van der Waals surface area contributed by atoms with Gasteiger partial charge in [0.05, 0.1) is 29.7 Å². The molecule has 2 unspecified atom stereocenters. The van der Waals surface area contributed by atoms with Gasteiger partial charge in [-0.15, -0.1) is 5.76 Å². The zero-order valence-corrected chi connectivity index (χ0v) is 18.3. The zero-order valence-electron chi connectivity index (χ0n) is 17.4. The minimum atomic E-state index is -1.55. The summed E-state index contributed by atoms with van der Waals surface area (Å²) < 4.78 is 0. The van der Waals surface area contributed by atoms with Crippen LogP contribution in [0.2, 0.25) is 0 Å². The highest BCUT2D eigenvalue weighted by molar-refractivity contribution is 7.90. The van der Waals surface area contributed by atoms with E-state index in [1.165, 1.54) is 41.6 Å². The maximum Gasteiger partial charge on any atom is 0.0995 e. The summed E-state index contributed by atoms with van der Waals surface area (Å²) >= 11 is 0. The van der Waals surface area contributed by atoms with Crippen molar-refractivity contribution in [2.24, 2.45) is 5.92 Å². The first-order valence-corrected chi connectivity index (χ1v) is 13.3. The third kappa shape index (κ3) is 3.30. The number of benzene rings is 3. The average molecular weight is 413 g/mol. The van der Waals surface area contributed by atoms with Gasteiger partial charge in [0, 0.05) is 5.92 Å². The Bertz CT molecular complexity index is 971. The molecule has 2 atom stereocenters. The van der Waals surface area contributed by atoms with Gasteiger partial charge in [-0.05, 0) is 61.9 Å². The SMILES string of the molecule is [O-]/C(=C1/CCCC1C1CCC[P+]1(c1ccccc1)c1ccccc1)c1ccccc1. The Morgan fingerprint density at radius 1 is 0.700 bits per heavy atom. The minimum absolute atomic E-state index is 0.296. The highest BCUT2D eigenvalue weighted by atomic mass is 31.2. The molecule has 1 saturated heterocycles. The van der Waals surface area contributed by atoms with Crippen LogP contribution in [0.3, 0.4) is 0 Å². The largest absolute Gasteiger partial charge is 0.872 e. The lowest BCUT2D eigenvalue weighted by Crippen LogP contribution is -2.34. The summed E-state index contributed by atoms with van der Waals surface area (Å²) in [4.78, 5) is 0. The molecule has 0 radical (unpaired) electrons. The summed E-state index contributed by atoms with van der Waals surface area (Å²) in [6.45, 7) is 0. The average Bonchev–Trinajstić information content (AvgIpc) is 3.48. The maximum absolute atomic E-state index is 13.5. The number of allylic oxidation sites excluding steroid dienone is 1. The molecule has 1 nitrogen and oxygen atoms in total. The topological polar surface area (TPSA) is 23.1 Å². The highest BCUT2D eigenvalue weighted by Crippen LogP contribution is 2.70. The van der Waals surface area contributed by atoms with Gasteiger partial charge in [-0.1, -0.05) is 72.3 Å². The molecular formula is C28H29OP. The first-order valence-electron chi connectivity index (χ1n) is 11.2. The van der Waals surface area contributed by atoms with E-state index in [9.17, 15) is 5.11 Å². The third-order valence-corrected chi connectivity index (χ3v) is 12.4. The Morgan fingerprint density at radius 3 is 1.87 bits per heavy atom. The van der Waals surface area contributed by atoms with E-state index in [0.717, 1.165) is 18.4 Å². The monoisotopic (exact) mass is 412 g/mol. The van der Waals surface area contributed by atoms with Crippen LogP contribution in [0.4, 0.5) is 0 Å². The van der Waals surface area contributed by atoms with Gasteiger partial charge < -0.3 is 5.11 Å². The Labute approximate surface area is 180 Å². The van der Waals surface area contributed by atoms with Crippen LogP contribution in [0.15, 0.2) is 96.6 Å². The fraction of sp³-hybridized carbons (Fsp3) is 0.286. The van der Waals surface area contributed by atoms with E-state index in [1.807, 2.05) is 30.3 Å². The van der Waals surface area contributed by atoms with Gasteiger partial charge in [-0.3, -0.25) is 0 Å². The lowest BCUT2D eigenvalue weighted by Gasteiger charge is -2.34. The summed E-state index contributed by atoms with van der Waals surface area (Å²) in [6.07, 6.45) is 7.07. The molecule has 0 spiro atoms. The van der Waals surface area contributed by atoms with Crippen molar-refractivity contribution in [2.75, 3.05) is 6.16 Å². The molecule has 1 heterocycles. The molecule has 3 aromatic carbocycles. The fourth-order valence-electron chi connectivity index (χ4n) is 5.98. The van der Waals surface area contributed by atoms with Crippen LogP contribution in [0.5, 0.6) is 0 Å². The second-order valence-electron chi connectivity index (χ2n) is 8.69. The number of hydrogen-bond donors (Lipinski definition) is 0. The van der Waals surface area contributed by atoms with Gasteiger partial charge in [0.1, 0.15) is 0 Å². The molecule has 0 amide bonds. The van der Waals surface area contributed by atoms with Crippen molar-refractivity contribution in [1.29, 1.82) is 0 Å². The van der Waals surface area contributed by atoms with Gasteiger partial charge >= 0.3 is 0 Å². The van der Waals surface area contributed by atoms with Crippen molar-refractivity contribution in [3.8, 4) is 0 Å². The van der Waals surface area contributed by atoms with Crippen LogP contribution >= 0.6 is 7.26 Å². The van der Waals surface area contributed by atoms with E-state index >= 15 is 0 Å². The van der Waals surface area contributed by atoms with Crippen molar-refractivity contribution in [3.63, 3.8) is 0 Å². The van der Waals surface area contributed by atoms with E-state index in [4.69, 9.17) is 0 Å². The van der Waals surface area contributed by atoms with E-state index in [-0.39, 0.29) is 0 Å². The van der Waals surface area contributed by atoms with Crippen LogP contribution in [0.25, 0.3) is 5.76 Å². The smallest absolute Gasteiger partial charge is 0.0995 e. The molecule has 1 aliphatic heterocycles. The quantitative estimate of drug-likeness (QED) is 0.416. The van der Waals surface area contributed by atoms with Crippen LogP contribution < -0.4 is 15.7 Å². The van der Waals surface area contributed by atoms with Gasteiger partial charge in [-0.25, -0.2) is 0 Å². The highest BCUT2D eigenvalue weighted by Gasteiger charge is 2.57. The number of hydrogen-bond acceptors (Lipinski definition) is 1. The van der Waals surface area contributed by atoms with Crippen molar-refractivity contribution in [1.82, 2.24) is 0 Å². The molecule has 5 rings (SSSR count). The van der Waals surface area contributed by atoms with Crippen LogP contribution in [-0.2, 0) is 0 Å². The third-order valence-electron chi connectivity index (χ3n) is 7.21. The Morgan fingerprint density at radius 2 is 1.27 bits per heavy atom. The zero-order chi connectivity index (χ0) is 20.4. The van der Waals surface area contributed by atoms with E-state index < -0.39 is 7.26 Å². The minimum Gasteiger partial charge on any atom is -0.872 e. The second-order valence-corrected chi connectivity index (χ2v) is 12.6. The summed E-state index contributed by atoms with van der Waals surface area (Å²) in [5.74, 6) is 0.721. The predicted molar refractivity (Wildman–Crippen MR) is 128 cm³/mol. The lowest BCUT2D eigenvalue weighted by molar-refractivity contribution is -0.245. The first-order chi connectivity index (χ1) is 14.8. The summed E-state index contributed by atoms with van der Waals surface area (Å²) in [7, 11) is -1.55. The summed E-state index contributed by atoms with van der Waals surface area (Å²) in [5, 5.41) is 16.5. The molecule has 30 heavy (non-hydrogen) atoms. The second kappa shape index (κ2) is 8.40. The van der Waals surface area contributed by atoms with Crippen molar-refractivity contribution in [2.45, 2.75) is 37.8 Å². The maximum atomic E-state index is 13.5. The first kappa shape index (κ1) is 19.6. The molecule has 1 aliphatic carbocycles. The molecule has 2 fully saturated rings. The molecule has 2 heteroatoms. The summed E-state index contributed by atoms with van der Waals surface area (Å²) in [6, 6.07) is 32.4. The van der Waals surface area contributed by atoms with E-state index in [1.54, 1.807) is 0 Å². The predicted octanol–water partition coefficient (Wildman–Crippen LogP) is 5.39. The standard InChI is InChI=1S/C28H29OP/c29-28(22-12-4-1-5-13-22)26-19-10-18-25(26)27-20-11-21-30(27,23-14-6-2-7-15-23)24-16-8-3-9-17-24/h1-9,12-17,25,27H,10-11,18-21H2/b28-26-. The normalized spacial score (nSPS) is 24.7. The van der Waals surface area contributed by atoms with E-state index in [0.29, 0.717) is 17.3 Å². The molecular weight excluding hydrogens is 383 g/mol. The number of rotatable bonds is 4. The molecule has 3 aromatic rings. The Hall–Kier alpha value is -2.37. The van der Waals surface area contributed by atoms with Crippen molar-refractivity contribution >= 4 is 23.6 Å². The van der Waals surface area contributed by atoms with Crippen LogP contribution in [0, 0.1) is 5.92 Å². The lowest BCUT2D eigenvalue weighted by atomic mass is 9.93. The Balaban J connectivity index is 1.64. The van der Waals surface area contributed by atoms with Crippen LogP contribution in [0.1, 0.15) is 37.7 Å². The van der Waals surface area contributed by atoms with Gasteiger partial charge in [0.15, 0.2) is 0 Å². The molecule has 0 aromatic heterocycles. The molecule has 1 saturated carbocycles. The van der Waals surface area contributed by atoms with Gasteiger partial charge in [0.2, 0.25) is 0 Å². The van der Waals surface area contributed by atoms with E-state index in [2.05, 4.69) is 60.7 Å². The molecule has 2 aliphatic rings. The van der Waals surface area contributed by atoms with Gasteiger partial charge in [0.25, 0.3) is 0 Å². The molecule has 0 bridgehead atoms. The molecule has 152 valence electrons. The van der Waals surface area contributed by atoms with Crippen molar-refractivity contribution in [3.05, 3.63) is 102 Å². The van der Waals surface area contributed by atoms with Gasteiger partial charge in [-0.2, -0.15) is 0 Å².